The van der Waals surface area contributed by atoms with Crippen molar-refractivity contribution in [1.29, 1.82) is 0 Å². The smallest absolute Gasteiger partial charge is 0.264 e. The van der Waals surface area contributed by atoms with E-state index >= 15 is 0 Å². The third-order valence-corrected chi connectivity index (χ3v) is 4.08. The standard InChI is InChI=1S/C12H17N3O2S/c13-11(14-17)8-15(9-4-1-2-5-9)12(16)10-6-3-7-18-10/h3,6-7,9,17H,1-2,4-5,8H2,(H2,13,14). The number of carbonyl (C=O) groups is 1. The molecule has 0 bridgehead atoms. The van der Waals surface area contributed by atoms with Crippen molar-refractivity contribution >= 4 is 23.1 Å². The van der Waals surface area contributed by atoms with Gasteiger partial charge >= 0.3 is 0 Å². The molecule has 3 N–H and O–H groups in total. The summed E-state index contributed by atoms with van der Waals surface area (Å²) in [5.74, 6) is 0.0512. The van der Waals surface area contributed by atoms with E-state index in [1.807, 2.05) is 11.4 Å². The Hall–Kier alpha value is -1.56. The van der Waals surface area contributed by atoms with Crippen LogP contribution in [0.1, 0.15) is 35.4 Å². The van der Waals surface area contributed by atoms with Crippen LogP contribution >= 0.6 is 11.3 Å². The summed E-state index contributed by atoms with van der Waals surface area (Å²) in [4.78, 5) is 14.8. The van der Waals surface area contributed by atoms with E-state index in [1.165, 1.54) is 11.3 Å². The summed E-state index contributed by atoms with van der Waals surface area (Å²) in [5.41, 5.74) is 5.54. The number of nitrogens with two attached hydrogens (primary N) is 1. The molecule has 1 aliphatic carbocycles. The van der Waals surface area contributed by atoms with Crippen LogP contribution < -0.4 is 5.73 Å². The number of amidine groups is 1. The van der Waals surface area contributed by atoms with Gasteiger partial charge in [-0.1, -0.05) is 24.1 Å². The number of oxime groups is 1. The lowest BCUT2D eigenvalue weighted by molar-refractivity contribution is 0.0717. The first-order valence-corrected chi connectivity index (χ1v) is 6.91. The van der Waals surface area contributed by atoms with E-state index in [9.17, 15) is 4.79 Å². The SMILES string of the molecule is NC(CN(C(=O)c1cccs1)C1CCCC1)=NO. The van der Waals surface area contributed by atoms with Crippen LogP contribution in [0.3, 0.4) is 0 Å². The molecule has 1 saturated carbocycles. The molecule has 2 rings (SSSR count). The number of amides is 1. The Morgan fingerprint density at radius 1 is 1.56 bits per heavy atom. The van der Waals surface area contributed by atoms with Gasteiger partial charge in [0.1, 0.15) is 0 Å². The first-order chi connectivity index (χ1) is 8.72. The molecule has 0 saturated heterocycles. The Labute approximate surface area is 110 Å². The van der Waals surface area contributed by atoms with Gasteiger partial charge in [-0.25, -0.2) is 0 Å². The maximum absolute atomic E-state index is 12.4. The van der Waals surface area contributed by atoms with Crippen LogP contribution in [-0.4, -0.2) is 34.4 Å². The maximum Gasteiger partial charge on any atom is 0.264 e. The van der Waals surface area contributed by atoms with Gasteiger partial charge in [0.25, 0.3) is 5.91 Å². The van der Waals surface area contributed by atoms with Crippen molar-refractivity contribution in [3.8, 4) is 0 Å². The predicted octanol–water partition coefficient (Wildman–Crippen LogP) is 1.88. The highest BCUT2D eigenvalue weighted by molar-refractivity contribution is 7.12. The van der Waals surface area contributed by atoms with E-state index in [-0.39, 0.29) is 24.3 Å². The summed E-state index contributed by atoms with van der Waals surface area (Å²) >= 11 is 1.42. The molecule has 1 amide bonds. The second-order valence-electron chi connectivity index (χ2n) is 4.44. The zero-order chi connectivity index (χ0) is 13.0. The van der Waals surface area contributed by atoms with Crippen molar-refractivity contribution in [2.45, 2.75) is 31.7 Å². The zero-order valence-corrected chi connectivity index (χ0v) is 10.9. The van der Waals surface area contributed by atoms with Gasteiger partial charge in [-0.05, 0) is 24.3 Å². The summed E-state index contributed by atoms with van der Waals surface area (Å²) in [6.07, 6.45) is 4.26. The number of hydrogen-bond acceptors (Lipinski definition) is 4. The first-order valence-electron chi connectivity index (χ1n) is 6.03. The minimum absolute atomic E-state index is 0.0245. The van der Waals surface area contributed by atoms with Crippen LogP contribution in [0.15, 0.2) is 22.7 Å². The molecule has 0 unspecified atom stereocenters. The van der Waals surface area contributed by atoms with Crippen molar-refractivity contribution < 1.29 is 10.0 Å². The fourth-order valence-corrected chi connectivity index (χ4v) is 3.01. The lowest BCUT2D eigenvalue weighted by Gasteiger charge is -2.28. The van der Waals surface area contributed by atoms with Crippen LogP contribution in [0.4, 0.5) is 0 Å². The predicted molar refractivity (Wildman–Crippen MR) is 71.0 cm³/mol. The van der Waals surface area contributed by atoms with Crippen molar-refractivity contribution in [2.24, 2.45) is 10.9 Å². The van der Waals surface area contributed by atoms with E-state index in [4.69, 9.17) is 10.9 Å². The van der Waals surface area contributed by atoms with Crippen molar-refractivity contribution in [3.05, 3.63) is 22.4 Å². The Balaban J connectivity index is 2.15. The highest BCUT2D eigenvalue weighted by Gasteiger charge is 2.28. The van der Waals surface area contributed by atoms with E-state index in [2.05, 4.69) is 5.16 Å². The van der Waals surface area contributed by atoms with Crippen LogP contribution in [0.25, 0.3) is 0 Å². The van der Waals surface area contributed by atoms with Crippen LogP contribution in [0.5, 0.6) is 0 Å². The zero-order valence-electron chi connectivity index (χ0n) is 10.1. The highest BCUT2D eigenvalue weighted by atomic mass is 32.1. The average Bonchev–Trinajstić information content (AvgIpc) is 3.06. The quantitative estimate of drug-likeness (QED) is 0.378. The number of hydrogen-bond donors (Lipinski definition) is 2. The van der Waals surface area contributed by atoms with E-state index < -0.39 is 0 Å². The van der Waals surface area contributed by atoms with Gasteiger partial charge in [0, 0.05) is 6.04 Å². The summed E-state index contributed by atoms with van der Waals surface area (Å²) in [7, 11) is 0. The Bertz CT molecular complexity index is 425. The maximum atomic E-state index is 12.4. The van der Waals surface area contributed by atoms with Gasteiger partial charge in [-0.2, -0.15) is 0 Å². The van der Waals surface area contributed by atoms with E-state index in [1.54, 1.807) is 11.0 Å². The second kappa shape index (κ2) is 5.86. The molecule has 0 aliphatic heterocycles. The van der Waals surface area contributed by atoms with Gasteiger partial charge < -0.3 is 15.8 Å². The van der Waals surface area contributed by atoms with Crippen LogP contribution in [-0.2, 0) is 0 Å². The summed E-state index contributed by atoms with van der Waals surface area (Å²) in [6.45, 7) is 0.192. The molecule has 98 valence electrons. The largest absolute Gasteiger partial charge is 0.409 e. The molecule has 1 aliphatic rings. The highest BCUT2D eigenvalue weighted by Crippen LogP contribution is 2.25. The van der Waals surface area contributed by atoms with Gasteiger partial charge in [0.2, 0.25) is 0 Å². The topological polar surface area (TPSA) is 78.9 Å². The first kappa shape index (κ1) is 12.9. The second-order valence-corrected chi connectivity index (χ2v) is 5.39. The number of thiophene rings is 1. The number of rotatable bonds is 4. The van der Waals surface area contributed by atoms with E-state index in [0.29, 0.717) is 4.88 Å². The lowest BCUT2D eigenvalue weighted by Crippen LogP contribution is -2.44. The molecule has 1 fully saturated rings. The third kappa shape index (κ3) is 2.81. The molecule has 5 nitrogen and oxygen atoms in total. The molecule has 6 heteroatoms. The molecule has 1 heterocycles. The van der Waals surface area contributed by atoms with Crippen molar-refractivity contribution in [1.82, 2.24) is 4.90 Å². The summed E-state index contributed by atoms with van der Waals surface area (Å²) in [6, 6.07) is 3.87. The third-order valence-electron chi connectivity index (χ3n) is 3.22. The molecule has 1 aromatic rings. The Kier molecular flexibility index (Phi) is 4.19. The summed E-state index contributed by atoms with van der Waals surface area (Å²) < 4.78 is 0. The molecular formula is C12H17N3O2S. The molecular weight excluding hydrogens is 250 g/mol. The minimum Gasteiger partial charge on any atom is -0.409 e. The molecule has 1 aromatic heterocycles. The minimum atomic E-state index is -0.0245. The monoisotopic (exact) mass is 267 g/mol. The van der Waals surface area contributed by atoms with E-state index in [0.717, 1.165) is 25.7 Å². The van der Waals surface area contributed by atoms with Gasteiger partial charge in [0.05, 0.1) is 11.4 Å². The fourth-order valence-electron chi connectivity index (χ4n) is 2.33. The van der Waals surface area contributed by atoms with Crippen LogP contribution in [0.2, 0.25) is 0 Å². The molecule has 0 aromatic carbocycles. The Morgan fingerprint density at radius 2 is 2.28 bits per heavy atom. The number of carbonyl (C=O) groups excluding carboxylic acids is 1. The molecule has 0 spiro atoms. The summed E-state index contributed by atoms with van der Waals surface area (Å²) in [5, 5.41) is 13.5. The lowest BCUT2D eigenvalue weighted by atomic mass is 10.2. The average molecular weight is 267 g/mol. The van der Waals surface area contributed by atoms with Gasteiger partial charge in [-0.3, -0.25) is 4.79 Å². The number of nitrogens with zero attached hydrogens (tertiary/aromatic N) is 2. The molecule has 18 heavy (non-hydrogen) atoms. The fraction of sp³-hybridized carbons (Fsp3) is 0.500. The Morgan fingerprint density at radius 3 is 2.83 bits per heavy atom. The van der Waals surface area contributed by atoms with Crippen molar-refractivity contribution in [3.63, 3.8) is 0 Å². The van der Waals surface area contributed by atoms with Crippen LogP contribution in [0, 0.1) is 0 Å². The van der Waals surface area contributed by atoms with Gasteiger partial charge in [0.15, 0.2) is 5.84 Å². The normalized spacial score (nSPS) is 17.0. The molecule has 0 atom stereocenters. The van der Waals surface area contributed by atoms with Gasteiger partial charge in [-0.15, -0.1) is 11.3 Å². The molecule has 0 radical (unpaired) electrons. The van der Waals surface area contributed by atoms with Crippen molar-refractivity contribution in [2.75, 3.05) is 6.54 Å².